The highest BCUT2D eigenvalue weighted by molar-refractivity contribution is 7.99. The number of anilines is 1. The Bertz CT molecular complexity index is 807. The predicted molar refractivity (Wildman–Crippen MR) is 125 cm³/mol. The molecule has 2 aromatic rings. The normalized spacial score (nSPS) is 15.6. The SMILES string of the molecule is COc1ccc(C(CNC(=O)Nc2ccccc2CN2CCSCC2)N(C)C)cc1. The second-order valence-electron chi connectivity index (χ2n) is 7.63. The molecule has 1 unspecified atom stereocenters. The van der Waals surface area contributed by atoms with E-state index in [4.69, 9.17) is 4.74 Å². The fourth-order valence-corrected chi connectivity index (χ4v) is 4.54. The molecule has 1 atom stereocenters. The number of urea groups is 1. The van der Waals surface area contributed by atoms with Crippen LogP contribution in [0.1, 0.15) is 17.2 Å². The molecule has 7 heteroatoms. The van der Waals surface area contributed by atoms with Gasteiger partial charge in [0, 0.05) is 43.4 Å². The first-order chi connectivity index (χ1) is 14.6. The monoisotopic (exact) mass is 428 g/mol. The minimum Gasteiger partial charge on any atom is -0.497 e. The van der Waals surface area contributed by atoms with Crippen molar-refractivity contribution in [2.24, 2.45) is 0 Å². The van der Waals surface area contributed by atoms with Gasteiger partial charge in [0.15, 0.2) is 0 Å². The number of para-hydroxylation sites is 1. The van der Waals surface area contributed by atoms with Crippen molar-refractivity contribution in [2.45, 2.75) is 12.6 Å². The van der Waals surface area contributed by atoms with Crippen LogP contribution in [0.2, 0.25) is 0 Å². The number of amides is 2. The lowest BCUT2D eigenvalue weighted by Gasteiger charge is -2.27. The van der Waals surface area contributed by atoms with E-state index in [1.54, 1.807) is 7.11 Å². The molecular weight excluding hydrogens is 396 g/mol. The summed E-state index contributed by atoms with van der Waals surface area (Å²) in [6, 6.07) is 15.9. The lowest BCUT2D eigenvalue weighted by atomic mass is 10.1. The molecule has 30 heavy (non-hydrogen) atoms. The molecule has 1 fully saturated rings. The van der Waals surface area contributed by atoms with Gasteiger partial charge in [-0.1, -0.05) is 30.3 Å². The average Bonchev–Trinajstić information content (AvgIpc) is 2.76. The average molecular weight is 429 g/mol. The zero-order valence-electron chi connectivity index (χ0n) is 18.1. The zero-order chi connectivity index (χ0) is 21.3. The van der Waals surface area contributed by atoms with Gasteiger partial charge in [-0.3, -0.25) is 4.90 Å². The molecular formula is C23H32N4O2S. The van der Waals surface area contributed by atoms with Crippen LogP contribution >= 0.6 is 11.8 Å². The summed E-state index contributed by atoms with van der Waals surface area (Å²) in [6.45, 7) is 3.56. The summed E-state index contributed by atoms with van der Waals surface area (Å²) in [6.07, 6.45) is 0. The van der Waals surface area contributed by atoms with Gasteiger partial charge < -0.3 is 20.3 Å². The summed E-state index contributed by atoms with van der Waals surface area (Å²) in [7, 11) is 5.69. The summed E-state index contributed by atoms with van der Waals surface area (Å²) < 4.78 is 5.24. The molecule has 0 radical (unpaired) electrons. The van der Waals surface area contributed by atoms with E-state index >= 15 is 0 Å². The number of benzene rings is 2. The molecule has 1 aliphatic heterocycles. The van der Waals surface area contributed by atoms with Crippen LogP contribution < -0.4 is 15.4 Å². The third-order valence-electron chi connectivity index (χ3n) is 5.34. The van der Waals surface area contributed by atoms with E-state index in [2.05, 4.69) is 26.5 Å². The Labute approximate surface area is 184 Å². The van der Waals surface area contributed by atoms with E-state index in [9.17, 15) is 4.79 Å². The Morgan fingerprint density at radius 2 is 1.83 bits per heavy atom. The quantitative estimate of drug-likeness (QED) is 0.672. The minimum absolute atomic E-state index is 0.0720. The molecule has 1 saturated heterocycles. The van der Waals surface area contributed by atoms with Crippen molar-refractivity contribution in [1.82, 2.24) is 15.1 Å². The number of methoxy groups -OCH3 is 1. The van der Waals surface area contributed by atoms with Crippen LogP contribution in [-0.2, 0) is 6.54 Å². The Balaban J connectivity index is 1.59. The lowest BCUT2D eigenvalue weighted by Crippen LogP contribution is -2.37. The molecule has 0 saturated carbocycles. The number of hydrogen-bond acceptors (Lipinski definition) is 5. The molecule has 1 aliphatic rings. The van der Waals surface area contributed by atoms with Gasteiger partial charge >= 0.3 is 6.03 Å². The number of ether oxygens (including phenoxy) is 1. The molecule has 0 spiro atoms. The Kier molecular flexibility index (Phi) is 8.42. The van der Waals surface area contributed by atoms with Gasteiger partial charge in [0.25, 0.3) is 0 Å². The molecule has 0 aliphatic carbocycles. The van der Waals surface area contributed by atoms with Crippen molar-refractivity contribution in [1.29, 1.82) is 0 Å². The fourth-order valence-electron chi connectivity index (χ4n) is 3.56. The molecule has 0 bridgehead atoms. The molecule has 2 aromatic carbocycles. The summed E-state index contributed by atoms with van der Waals surface area (Å²) in [5.74, 6) is 3.17. The number of rotatable bonds is 8. The smallest absolute Gasteiger partial charge is 0.319 e. The Hall–Kier alpha value is -2.22. The topological polar surface area (TPSA) is 56.8 Å². The molecule has 1 heterocycles. The van der Waals surface area contributed by atoms with Crippen LogP contribution in [0.15, 0.2) is 48.5 Å². The van der Waals surface area contributed by atoms with Gasteiger partial charge in [0.05, 0.1) is 13.2 Å². The summed E-state index contributed by atoms with van der Waals surface area (Å²) in [5, 5.41) is 6.07. The van der Waals surface area contributed by atoms with E-state index in [1.807, 2.05) is 68.3 Å². The Morgan fingerprint density at radius 3 is 2.50 bits per heavy atom. The Morgan fingerprint density at radius 1 is 1.13 bits per heavy atom. The summed E-state index contributed by atoms with van der Waals surface area (Å²) in [4.78, 5) is 17.2. The molecule has 6 nitrogen and oxygen atoms in total. The van der Waals surface area contributed by atoms with Gasteiger partial charge in [-0.15, -0.1) is 0 Å². The number of thioether (sulfide) groups is 1. The molecule has 162 valence electrons. The van der Waals surface area contributed by atoms with E-state index < -0.39 is 0 Å². The highest BCUT2D eigenvalue weighted by Crippen LogP contribution is 2.22. The maximum Gasteiger partial charge on any atom is 0.319 e. The highest BCUT2D eigenvalue weighted by atomic mass is 32.2. The van der Waals surface area contributed by atoms with Crippen LogP contribution in [-0.4, -0.2) is 68.2 Å². The highest BCUT2D eigenvalue weighted by Gasteiger charge is 2.17. The summed E-state index contributed by atoms with van der Waals surface area (Å²) in [5.41, 5.74) is 3.16. The maximum absolute atomic E-state index is 12.6. The van der Waals surface area contributed by atoms with E-state index in [0.717, 1.165) is 42.2 Å². The van der Waals surface area contributed by atoms with Gasteiger partial charge in [-0.2, -0.15) is 11.8 Å². The van der Waals surface area contributed by atoms with Crippen LogP contribution in [0, 0.1) is 0 Å². The van der Waals surface area contributed by atoms with Crippen molar-refractivity contribution in [2.75, 3.05) is 57.7 Å². The van der Waals surface area contributed by atoms with Gasteiger partial charge in [0.1, 0.15) is 5.75 Å². The van der Waals surface area contributed by atoms with Crippen molar-refractivity contribution in [3.63, 3.8) is 0 Å². The number of nitrogens with one attached hydrogen (secondary N) is 2. The number of likely N-dealkylation sites (N-methyl/N-ethyl adjacent to an activating group) is 1. The molecule has 3 rings (SSSR count). The van der Waals surface area contributed by atoms with E-state index in [-0.39, 0.29) is 12.1 Å². The van der Waals surface area contributed by atoms with Crippen molar-refractivity contribution in [3.05, 3.63) is 59.7 Å². The van der Waals surface area contributed by atoms with Crippen LogP contribution in [0.25, 0.3) is 0 Å². The number of carbonyl (C=O) groups excluding carboxylic acids is 1. The lowest BCUT2D eigenvalue weighted by molar-refractivity contribution is 0.243. The van der Waals surface area contributed by atoms with Crippen molar-refractivity contribution >= 4 is 23.5 Å². The van der Waals surface area contributed by atoms with Crippen LogP contribution in [0.5, 0.6) is 5.75 Å². The van der Waals surface area contributed by atoms with E-state index in [1.165, 1.54) is 11.5 Å². The fraction of sp³-hybridized carbons (Fsp3) is 0.435. The maximum atomic E-state index is 12.6. The van der Waals surface area contributed by atoms with Gasteiger partial charge in [0.2, 0.25) is 0 Å². The first-order valence-electron chi connectivity index (χ1n) is 10.3. The van der Waals surface area contributed by atoms with E-state index in [0.29, 0.717) is 6.54 Å². The first kappa shape index (κ1) is 22.5. The first-order valence-corrected chi connectivity index (χ1v) is 11.5. The third-order valence-corrected chi connectivity index (χ3v) is 6.29. The number of hydrogen-bond donors (Lipinski definition) is 2. The van der Waals surface area contributed by atoms with Crippen LogP contribution in [0.4, 0.5) is 10.5 Å². The largest absolute Gasteiger partial charge is 0.497 e. The molecule has 2 N–H and O–H groups in total. The predicted octanol–water partition coefficient (Wildman–Crippen LogP) is 3.67. The third kappa shape index (κ3) is 6.39. The minimum atomic E-state index is -0.183. The van der Waals surface area contributed by atoms with Gasteiger partial charge in [-0.25, -0.2) is 4.79 Å². The van der Waals surface area contributed by atoms with Gasteiger partial charge in [-0.05, 0) is 43.4 Å². The zero-order valence-corrected chi connectivity index (χ0v) is 18.9. The van der Waals surface area contributed by atoms with Crippen molar-refractivity contribution < 1.29 is 9.53 Å². The number of nitrogens with zero attached hydrogens (tertiary/aromatic N) is 2. The molecule has 0 aromatic heterocycles. The number of carbonyl (C=O) groups is 1. The standard InChI is InChI=1S/C23H32N4O2S/c1-26(2)22(18-8-10-20(29-3)11-9-18)16-24-23(28)25-21-7-5-4-6-19(21)17-27-12-14-30-15-13-27/h4-11,22H,12-17H2,1-3H3,(H2,24,25,28). The van der Waals surface area contributed by atoms with Crippen LogP contribution in [0.3, 0.4) is 0 Å². The summed E-state index contributed by atoms with van der Waals surface area (Å²) >= 11 is 2.00. The molecule has 2 amide bonds. The second kappa shape index (κ2) is 11.2. The van der Waals surface area contributed by atoms with Crippen molar-refractivity contribution in [3.8, 4) is 5.75 Å². The second-order valence-corrected chi connectivity index (χ2v) is 8.86.